The lowest BCUT2D eigenvalue weighted by atomic mass is 9.96. The van der Waals surface area contributed by atoms with E-state index in [2.05, 4.69) is 12.3 Å². The zero-order valence-electron chi connectivity index (χ0n) is 9.43. The van der Waals surface area contributed by atoms with E-state index in [0.717, 1.165) is 15.5 Å². The van der Waals surface area contributed by atoms with Crippen molar-refractivity contribution in [1.29, 1.82) is 0 Å². The van der Waals surface area contributed by atoms with Crippen molar-refractivity contribution in [1.82, 2.24) is 0 Å². The highest BCUT2D eigenvalue weighted by Gasteiger charge is 2.18. The highest BCUT2D eigenvalue weighted by atomic mass is 35.5. The van der Waals surface area contributed by atoms with Gasteiger partial charge in [0, 0.05) is 15.3 Å². The van der Waals surface area contributed by atoms with Crippen molar-refractivity contribution in [3.8, 4) is 0 Å². The molecule has 84 valence electrons. The number of nitrogens with two attached hydrogens (primary N) is 1. The molecule has 4 heteroatoms. The van der Waals surface area contributed by atoms with E-state index in [4.69, 9.17) is 17.3 Å². The molecule has 0 aliphatic rings. The first-order valence-corrected chi connectivity index (χ1v) is 7.43. The summed E-state index contributed by atoms with van der Waals surface area (Å²) in [5, 5.41) is 0.794. The van der Waals surface area contributed by atoms with Crippen molar-refractivity contribution in [3.05, 3.63) is 22.7 Å². The van der Waals surface area contributed by atoms with E-state index in [-0.39, 0.29) is 5.54 Å². The van der Waals surface area contributed by atoms with Crippen LogP contribution in [0.25, 0.3) is 0 Å². The maximum absolute atomic E-state index is 6.23. The van der Waals surface area contributed by atoms with Crippen LogP contribution in [0, 0.1) is 0 Å². The number of halogens is 1. The van der Waals surface area contributed by atoms with E-state index in [9.17, 15) is 0 Å². The van der Waals surface area contributed by atoms with Crippen molar-refractivity contribution in [2.24, 2.45) is 5.73 Å². The van der Waals surface area contributed by atoms with Crippen molar-refractivity contribution >= 4 is 35.1 Å². The summed E-state index contributed by atoms with van der Waals surface area (Å²) in [4.78, 5) is 2.33. The maximum atomic E-state index is 6.23. The van der Waals surface area contributed by atoms with Gasteiger partial charge in [-0.2, -0.15) is 0 Å². The minimum absolute atomic E-state index is 0.342. The summed E-state index contributed by atoms with van der Waals surface area (Å²) in [5.74, 6) is 0. The van der Waals surface area contributed by atoms with Crippen LogP contribution >= 0.6 is 35.1 Å². The zero-order chi connectivity index (χ0) is 11.6. The van der Waals surface area contributed by atoms with Crippen LogP contribution < -0.4 is 5.73 Å². The SMILES string of the molecule is CSc1cc(C(C)(C)N)cc(Cl)c1SC. The molecule has 15 heavy (non-hydrogen) atoms. The molecule has 0 fully saturated rings. The molecule has 0 aliphatic heterocycles. The summed E-state index contributed by atoms with van der Waals surface area (Å²) in [6, 6.07) is 4.09. The van der Waals surface area contributed by atoms with Gasteiger partial charge < -0.3 is 5.73 Å². The Morgan fingerprint density at radius 1 is 1.20 bits per heavy atom. The Morgan fingerprint density at radius 3 is 2.20 bits per heavy atom. The van der Waals surface area contributed by atoms with Gasteiger partial charge in [0.25, 0.3) is 0 Å². The van der Waals surface area contributed by atoms with E-state index >= 15 is 0 Å². The summed E-state index contributed by atoms with van der Waals surface area (Å²) in [6.45, 7) is 3.98. The molecular formula is C11H16ClNS2. The molecule has 1 nitrogen and oxygen atoms in total. The summed E-state index contributed by atoms with van der Waals surface area (Å²) in [6.07, 6.45) is 4.09. The second kappa shape index (κ2) is 5.00. The third kappa shape index (κ3) is 3.06. The fourth-order valence-electron chi connectivity index (χ4n) is 1.29. The van der Waals surface area contributed by atoms with Crippen LogP contribution in [-0.2, 0) is 5.54 Å². The van der Waals surface area contributed by atoms with Gasteiger partial charge in [0.15, 0.2) is 0 Å². The molecule has 0 aromatic heterocycles. The summed E-state index contributed by atoms with van der Waals surface area (Å²) >= 11 is 9.61. The van der Waals surface area contributed by atoms with Crippen molar-refractivity contribution in [2.45, 2.75) is 29.2 Å². The largest absolute Gasteiger partial charge is 0.322 e. The highest BCUT2D eigenvalue weighted by Crippen LogP contribution is 2.37. The van der Waals surface area contributed by atoms with Gasteiger partial charge in [0.2, 0.25) is 0 Å². The van der Waals surface area contributed by atoms with Crippen LogP contribution in [0.5, 0.6) is 0 Å². The monoisotopic (exact) mass is 261 g/mol. The zero-order valence-corrected chi connectivity index (χ0v) is 11.8. The van der Waals surface area contributed by atoms with Gasteiger partial charge >= 0.3 is 0 Å². The normalized spacial score (nSPS) is 11.9. The number of hydrogen-bond donors (Lipinski definition) is 1. The van der Waals surface area contributed by atoms with Crippen LogP contribution in [-0.4, -0.2) is 12.5 Å². The van der Waals surface area contributed by atoms with Crippen molar-refractivity contribution < 1.29 is 0 Å². The van der Waals surface area contributed by atoms with E-state index < -0.39 is 0 Å². The van der Waals surface area contributed by atoms with Gasteiger partial charge in [0.1, 0.15) is 0 Å². The number of rotatable bonds is 3. The van der Waals surface area contributed by atoms with Gasteiger partial charge in [-0.1, -0.05) is 11.6 Å². The van der Waals surface area contributed by atoms with E-state index in [0.29, 0.717) is 0 Å². The van der Waals surface area contributed by atoms with Gasteiger partial charge in [-0.25, -0.2) is 0 Å². The van der Waals surface area contributed by atoms with Crippen LogP contribution in [0.2, 0.25) is 5.02 Å². The molecule has 1 aromatic rings. The average molecular weight is 262 g/mol. The van der Waals surface area contributed by atoms with Gasteiger partial charge in [-0.3, -0.25) is 0 Å². The molecule has 0 heterocycles. The minimum Gasteiger partial charge on any atom is -0.322 e. The Hall–Kier alpha value is 0.170. The first kappa shape index (κ1) is 13.2. The standard InChI is InChI=1S/C11H16ClNS2/c1-11(2,13)7-5-8(12)10(15-4)9(6-7)14-3/h5-6H,13H2,1-4H3. The average Bonchev–Trinajstić information content (AvgIpc) is 2.15. The van der Waals surface area contributed by atoms with Crippen molar-refractivity contribution in [2.75, 3.05) is 12.5 Å². The summed E-state index contributed by atoms with van der Waals surface area (Å²) < 4.78 is 0. The second-order valence-corrected chi connectivity index (χ2v) is 5.99. The second-order valence-electron chi connectivity index (χ2n) is 3.92. The van der Waals surface area contributed by atoms with Crippen molar-refractivity contribution in [3.63, 3.8) is 0 Å². The third-order valence-corrected chi connectivity index (χ3v) is 4.33. The number of benzene rings is 1. The third-order valence-electron chi connectivity index (χ3n) is 2.18. The van der Waals surface area contributed by atoms with Crippen LogP contribution in [0.15, 0.2) is 21.9 Å². The molecular weight excluding hydrogens is 246 g/mol. The molecule has 1 rings (SSSR count). The Bertz CT molecular complexity index is 358. The quantitative estimate of drug-likeness (QED) is 0.834. The number of hydrogen-bond acceptors (Lipinski definition) is 3. The molecule has 0 bridgehead atoms. The number of thioether (sulfide) groups is 2. The fraction of sp³-hybridized carbons (Fsp3) is 0.455. The first-order chi connectivity index (χ1) is 6.90. The Morgan fingerprint density at radius 2 is 1.80 bits per heavy atom. The maximum Gasteiger partial charge on any atom is 0.0556 e. The Labute approximate surface area is 105 Å². The van der Waals surface area contributed by atoms with Crippen LogP contribution in [0.1, 0.15) is 19.4 Å². The topological polar surface area (TPSA) is 26.0 Å². The Kier molecular flexibility index (Phi) is 4.41. The van der Waals surface area contributed by atoms with Crippen LogP contribution in [0.3, 0.4) is 0 Å². The minimum atomic E-state index is -0.342. The van der Waals surface area contributed by atoms with E-state index in [1.807, 2.05) is 26.2 Å². The Balaban J connectivity index is 3.32. The fourth-order valence-corrected chi connectivity index (χ4v) is 3.35. The lowest BCUT2D eigenvalue weighted by Crippen LogP contribution is -2.28. The molecule has 0 radical (unpaired) electrons. The predicted octanol–water partition coefficient (Wildman–Crippen LogP) is 3.98. The van der Waals surface area contributed by atoms with Gasteiger partial charge in [0.05, 0.1) is 5.02 Å². The van der Waals surface area contributed by atoms with E-state index in [1.54, 1.807) is 23.5 Å². The highest BCUT2D eigenvalue weighted by molar-refractivity contribution is 8.01. The summed E-state index contributed by atoms with van der Waals surface area (Å²) in [5.41, 5.74) is 6.80. The van der Waals surface area contributed by atoms with Gasteiger partial charge in [-0.05, 0) is 44.1 Å². The lowest BCUT2D eigenvalue weighted by molar-refractivity contribution is 0.552. The molecule has 0 atom stereocenters. The van der Waals surface area contributed by atoms with E-state index in [1.165, 1.54) is 4.90 Å². The molecule has 0 amide bonds. The lowest BCUT2D eigenvalue weighted by Gasteiger charge is -2.21. The predicted molar refractivity (Wildman–Crippen MR) is 72.2 cm³/mol. The molecule has 1 aromatic carbocycles. The molecule has 2 N–H and O–H groups in total. The molecule has 0 saturated heterocycles. The molecule has 0 unspecified atom stereocenters. The molecule has 0 saturated carbocycles. The molecule has 0 spiro atoms. The summed E-state index contributed by atoms with van der Waals surface area (Å²) in [7, 11) is 0. The van der Waals surface area contributed by atoms with Gasteiger partial charge in [-0.15, -0.1) is 23.5 Å². The smallest absolute Gasteiger partial charge is 0.0556 e. The molecule has 0 aliphatic carbocycles. The first-order valence-electron chi connectivity index (χ1n) is 4.61. The van der Waals surface area contributed by atoms with Crippen LogP contribution in [0.4, 0.5) is 0 Å².